The lowest BCUT2D eigenvalue weighted by Gasteiger charge is -2.04. The van der Waals surface area contributed by atoms with Gasteiger partial charge in [0.15, 0.2) is 0 Å². The Balaban J connectivity index is 1.87. The number of hydrogen-bond acceptors (Lipinski definition) is 4. The minimum atomic E-state index is 0.836. The fourth-order valence-corrected chi connectivity index (χ4v) is 2.52. The smallest absolute Gasteiger partial charge is 0.144 e. The number of nitrogens with zero attached hydrogens (tertiary/aromatic N) is 2. The van der Waals surface area contributed by atoms with Gasteiger partial charge in [-0.15, -0.1) is 11.8 Å². The molecule has 0 saturated heterocycles. The second kappa shape index (κ2) is 7.50. The van der Waals surface area contributed by atoms with Crippen molar-refractivity contribution in [3.8, 4) is 0 Å². The van der Waals surface area contributed by atoms with Crippen LogP contribution in [0.4, 0.5) is 5.82 Å². The lowest BCUT2D eigenvalue weighted by molar-refractivity contribution is 0.960. The van der Waals surface area contributed by atoms with Gasteiger partial charge in [-0.1, -0.05) is 22.9 Å². The summed E-state index contributed by atoms with van der Waals surface area (Å²) in [5, 5.41) is 3.22. The number of thioether (sulfide) groups is 1. The van der Waals surface area contributed by atoms with Gasteiger partial charge in [-0.25, -0.2) is 4.98 Å². The van der Waals surface area contributed by atoms with Gasteiger partial charge in [0, 0.05) is 21.7 Å². The van der Waals surface area contributed by atoms with Crippen LogP contribution in [-0.4, -0.2) is 16.5 Å². The van der Waals surface area contributed by atoms with Crippen molar-refractivity contribution in [2.24, 2.45) is 0 Å². The zero-order chi connectivity index (χ0) is 13.5. The molecule has 2 rings (SSSR count). The molecule has 0 fully saturated rings. The van der Waals surface area contributed by atoms with Crippen molar-refractivity contribution in [1.82, 2.24) is 9.97 Å². The maximum Gasteiger partial charge on any atom is 0.144 e. The van der Waals surface area contributed by atoms with Crippen LogP contribution in [0.2, 0.25) is 0 Å². The molecule has 0 atom stereocenters. The van der Waals surface area contributed by atoms with Crippen LogP contribution < -0.4 is 5.32 Å². The molecule has 0 radical (unpaired) electrons. The van der Waals surface area contributed by atoms with Crippen molar-refractivity contribution >= 4 is 33.5 Å². The van der Waals surface area contributed by atoms with E-state index in [1.807, 2.05) is 18.3 Å². The number of anilines is 1. The molecule has 100 valence electrons. The van der Waals surface area contributed by atoms with E-state index in [2.05, 4.69) is 50.3 Å². The highest BCUT2D eigenvalue weighted by atomic mass is 79.9. The third kappa shape index (κ3) is 4.84. The molecule has 0 bridgehead atoms. The molecule has 0 aliphatic heterocycles. The molecule has 2 aromatic rings. The third-order valence-corrected chi connectivity index (χ3v) is 4.04. The Kier molecular flexibility index (Phi) is 5.66. The van der Waals surface area contributed by atoms with Gasteiger partial charge in [0.05, 0.1) is 18.1 Å². The van der Waals surface area contributed by atoms with Gasteiger partial charge in [0.2, 0.25) is 0 Å². The van der Waals surface area contributed by atoms with E-state index in [4.69, 9.17) is 0 Å². The first-order chi connectivity index (χ1) is 9.28. The fourth-order valence-electron chi connectivity index (χ4n) is 1.46. The number of rotatable bonds is 6. The Bertz CT molecular complexity index is 499. The lowest BCUT2D eigenvalue weighted by atomic mass is 10.4. The predicted octanol–water partition coefficient (Wildman–Crippen LogP) is 4.35. The van der Waals surface area contributed by atoms with E-state index in [0.29, 0.717) is 0 Å². The topological polar surface area (TPSA) is 37.8 Å². The normalized spacial score (nSPS) is 10.4. The number of halogens is 1. The minimum Gasteiger partial charge on any atom is -0.369 e. The predicted molar refractivity (Wildman–Crippen MR) is 84.5 cm³/mol. The summed E-state index contributed by atoms with van der Waals surface area (Å²) in [5.41, 5.74) is 0.995. The quantitative estimate of drug-likeness (QED) is 0.795. The number of aromatic nitrogens is 2. The van der Waals surface area contributed by atoms with Gasteiger partial charge in [0.1, 0.15) is 5.82 Å². The Morgan fingerprint density at radius 1 is 1.16 bits per heavy atom. The summed E-state index contributed by atoms with van der Waals surface area (Å²) in [6.45, 7) is 3.06. The molecule has 1 aromatic heterocycles. The molecule has 1 N–H and O–H groups in total. The van der Waals surface area contributed by atoms with E-state index in [1.54, 1.807) is 18.0 Å². The highest BCUT2D eigenvalue weighted by Gasteiger charge is 1.99. The highest BCUT2D eigenvalue weighted by Crippen LogP contribution is 2.23. The largest absolute Gasteiger partial charge is 0.369 e. The van der Waals surface area contributed by atoms with Gasteiger partial charge in [-0.3, -0.25) is 4.98 Å². The van der Waals surface area contributed by atoms with E-state index >= 15 is 0 Å². The molecule has 1 aromatic carbocycles. The molecule has 0 amide bonds. The maximum atomic E-state index is 4.41. The van der Waals surface area contributed by atoms with E-state index in [-0.39, 0.29) is 0 Å². The highest BCUT2D eigenvalue weighted by molar-refractivity contribution is 9.10. The van der Waals surface area contributed by atoms with Crippen LogP contribution in [0, 0.1) is 0 Å². The average molecular weight is 338 g/mol. The van der Waals surface area contributed by atoms with Crippen LogP contribution in [-0.2, 0) is 5.75 Å². The summed E-state index contributed by atoms with van der Waals surface area (Å²) in [6, 6.07) is 8.29. The molecular weight excluding hydrogens is 322 g/mol. The van der Waals surface area contributed by atoms with Crippen LogP contribution in [0.5, 0.6) is 0 Å². The number of benzene rings is 1. The van der Waals surface area contributed by atoms with Gasteiger partial charge >= 0.3 is 0 Å². The molecule has 0 aliphatic rings. The third-order valence-electron chi connectivity index (χ3n) is 2.46. The summed E-state index contributed by atoms with van der Waals surface area (Å²) < 4.78 is 1.10. The van der Waals surface area contributed by atoms with E-state index < -0.39 is 0 Å². The van der Waals surface area contributed by atoms with Gasteiger partial charge in [-0.2, -0.15) is 0 Å². The Labute approximate surface area is 126 Å². The Hall–Kier alpha value is -1.07. The first-order valence-corrected chi connectivity index (χ1v) is 7.99. The molecule has 3 nitrogen and oxygen atoms in total. The van der Waals surface area contributed by atoms with Gasteiger partial charge in [-0.05, 0) is 30.7 Å². The molecule has 0 aliphatic carbocycles. The first kappa shape index (κ1) is 14.3. The second-order valence-electron chi connectivity index (χ2n) is 4.06. The van der Waals surface area contributed by atoms with Gasteiger partial charge in [0.25, 0.3) is 0 Å². The lowest BCUT2D eigenvalue weighted by Crippen LogP contribution is -2.02. The average Bonchev–Trinajstić information content (AvgIpc) is 2.46. The monoisotopic (exact) mass is 337 g/mol. The van der Waals surface area contributed by atoms with Crippen LogP contribution in [0.15, 0.2) is 46.0 Å². The summed E-state index contributed by atoms with van der Waals surface area (Å²) in [5.74, 6) is 1.68. The number of hydrogen-bond donors (Lipinski definition) is 1. The molecule has 1 heterocycles. The van der Waals surface area contributed by atoms with Crippen molar-refractivity contribution in [2.75, 3.05) is 11.9 Å². The van der Waals surface area contributed by atoms with Crippen molar-refractivity contribution in [3.05, 3.63) is 46.8 Å². The van der Waals surface area contributed by atoms with E-state index in [9.17, 15) is 0 Å². The van der Waals surface area contributed by atoms with Crippen molar-refractivity contribution in [2.45, 2.75) is 24.0 Å². The molecule has 5 heteroatoms. The molecule has 0 spiro atoms. The van der Waals surface area contributed by atoms with Crippen molar-refractivity contribution < 1.29 is 0 Å². The maximum absolute atomic E-state index is 4.41. The first-order valence-electron chi connectivity index (χ1n) is 6.21. The van der Waals surface area contributed by atoms with Crippen molar-refractivity contribution in [3.63, 3.8) is 0 Å². The van der Waals surface area contributed by atoms with Gasteiger partial charge < -0.3 is 5.32 Å². The fraction of sp³-hybridized carbons (Fsp3) is 0.286. The Morgan fingerprint density at radius 2 is 1.95 bits per heavy atom. The zero-order valence-corrected chi connectivity index (χ0v) is 13.2. The van der Waals surface area contributed by atoms with Crippen LogP contribution >= 0.6 is 27.7 Å². The summed E-state index contributed by atoms with van der Waals surface area (Å²) in [7, 11) is 0. The van der Waals surface area contributed by atoms with Crippen LogP contribution in [0.3, 0.4) is 0 Å². The van der Waals surface area contributed by atoms with Crippen molar-refractivity contribution in [1.29, 1.82) is 0 Å². The molecule has 19 heavy (non-hydrogen) atoms. The van der Waals surface area contributed by atoms with Crippen LogP contribution in [0.1, 0.15) is 19.0 Å². The molecule has 0 saturated carbocycles. The summed E-state index contributed by atoms with van der Waals surface area (Å²) in [4.78, 5) is 9.99. The zero-order valence-electron chi connectivity index (χ0n) is 10.8. The van der Waals surface area contributed by atoms with E-state index in [0.717, 1.165) is 34.7 Å². The SMILES string of the molecule is CCCNc1cnc(CSc2ccc(Br)cc2)cn1. The second-order valence-corrected chi connectivity index (χ2v) is 6.03. The number of nitrogens with one attached hydrogen (secondary N) is 1. The molecule has 0 unspecified atom stereocenters. The summed E-state index contributed by atoms with van der Waals surface area (Å²) >= 11 is 5.19. The van der Waals surface area contributed by atoms with Crippen LogP contribution in [0.25, 0.3) is 0 Å². The minimum absolute atomic E-state index is 0.836. The standard InChI is InChI=1S/C14H16BrN3S/c1-2-7-16-14-9-17-12(8-18-14)10-19-13-5-3-11(15)4-6-13/h3-6,8-9H,2,7,10H2,1H3,(H,16,18). The molecular formula is C14H16BrN3S. The summed E-state index contributed by atoms with van der Waals surface area (Å²) in [6.07, 6.45) is 4.72. The Morgan fingerprint density at radius 3 is 2.58 bits per heavy atom. The van der Waals surface area contributed by atoms with E-state index in [1.165, 1.54) is 4.90 Å².